The second kappa shape index (κ2) is 7.89. The maximum Gasteiger partial charge on any atom is 0.407 e. The van der Waals surface area contributed by atoms with Gasteiger partial charge in [0.1, 0.15) is 12.6 Å². The van der Waals surface area contributed by atoms with Crippen LogP contribution in [0.2, 0.25) is 0 Å². The van der Waals surface area contributed by atoms with Gasteiger partial charge >= 0.3 is 12.1 Å². The molecule has 5 heteroatoms. The average Bonchev–Trinajstić information content (AvgIpc) is 3.32. The van der Waals surface area contributed by atoms with Crippen LogP contribution in [0.3, 0.4) is 0 Å². The molecule has 0 aromatic heterocycles. The number of hydrogen-bond acceptors (Lipinski definition) is 3. The fraction of sp³-hybridized carbons (Fsp3) is 0.304. The van der Waals surface area contributed by atoms with Crippen molar-refractivity contribution in [1.29, 1.82) is 0 Å². The summed E-state index contributed by atoms with van der Waals surface area (Å²) in [4.78, 5) is 23.8. The highest BCUT2D eigenvalue weighted by Crippen LogP contribution is 2.44. The Balaban J connectivity index is 1.42. The molecule has 2 aromatic rings. The van der Waals surface area contributed by atoms with Crippen molar-refractivity contribution in [1.82, 2.24) is 5.32 Å². The number of benzene rings is 2. The normalized spacial score (nSPS) is 16.1. The Bertz CT molecular complexity index is 888. The molecule has 0 saturated carbocycles. The molecule has 5 nitrogen and oxygen atoms in total. The molecular formula is C23H23NO4. The molecular weight excluding hydrogens is 354 g/mol. The van der Waals surface area contributed by atoms with Gasteiger partial charge in [-0.05, 0) is 47.9 Å². The lowest BCUT2D eigenvalue weighted by Gasteiger charge is -2.18. The van der Waals surface area contributed by atoms with E-state index in [2.05, 4.69) is 23.5 Å². The SMILES string of the molecule is O=C(NC(CC1=CCCC1)C(=O)O)OCC1c2ccccc2-c2ccccc21. The molecule has 0 heterocycles. The number of carboxylic acid groups (broad SMARTS) is 1. The van der Waals surface area contributed by atoms with Crippen molar-refractivity contribution in [3.8, 4) is 11.1 Å². The van der Waals surface area contributed by atoms with Gasteiger partial charge in [-0.2, -0.15) is 0 Å². The summed E-state index contributed by atoms with van der Waals surface area (Å²) >= 11 is 0. The average molecular weight is 377 g/mol. The van der Waals surface area contributed by atoms with Crippen LogP contribution in [0.15, 0.2) is 60.2 Å². The lowest BCUT2D eigenvalue weighted by Crippen LogP contribution is -2.41. The minimum atomic E-state index is -1.04. The molecule has 0 saturated heterocycles. The Labute approximate surface area is 164 Å². The first-order chi connectivity index (χ1) is 13.6. The maximum absolute atomic E-state index is 12.3. The standard InChI is InChI=1S/C23H23NO4/c25-22(26)21(13-15-7-1-2-8-15)24-23(27)28-14-20-18-11-5-3-9-16(18)17-10-4-6-12-19(17)20/h3-7,9-12,20-21H,1-2,8,13-14H2,(H,24,27)(H,25,26). The van der Waals surface area contributed by atoms with Crippen molar-refractivity contribution in [3.63, 3.8) is 0 Å². The van der Waals surface area contributed by atoms with E-state index < -0.39 is 18.1 Å². The summed E-state index contributed by atoms with van der Waals surface area (Å²) in [7, 11) is 0. The van der Waals surface area contributed by atoms with Crippen molar-refractivity contribution in [2.24, 2.45) is 0 Å². The van der Waals surface area contributed by atoms with E-state index >= 15 is 0 Å². The summed E-state index contributed by atoms with van der Waals surface area (Å²) in [6.45, 7) is 0.175. The van der Waals surface area contributed by atoms with Crippen LogP contribution in [0.4, 0.5) is 4.79 Å². The Kier molecular flexibility index (Phi) is 5.15. The number of carbonyl (C=O) groups is 2. The summed E-state index contributed by atoms with van der Waals surface area (Å²) in [5.41, 5.74) is 5.66. The first kappa shape index (κ1) is 18.3. The monoisotopic (exact) mass is 377 g/mol. The smallest absolute Gasteiger partial charge is 0.407 e. The third kappa shape index (κ3) is 3.65. The molecule has 0 bridgehead atoms. The van der Waals surface area contributed by atoms with Crippen molar-refractivity contribution in [3.05, 3.63) is 71.3 Å². The van der Waals surface area contributed by atoms with Crippen LogP contribution >= 0.6 is 0 Å². The number of aliphatic carboxylic acids is 1. The van der Waals surface area contributed by atoms with Gasteiger partial charge in [0.25, 0.3) is 0 Å². The molecule has 2 N–H and O–H groups in total. The highest BCUT2D eigenvalue weighted by molar-refractivity contribution is 5.81. The largest absolute Gasteiger partial charge is 0.480 e. The summed E-state index contributed by atoms with van der Waals surface area (Å²) < 4.78 is 5.45. The third-order valence-corrected chi connectivity index (χ3v) is 5.54. The minimum absolute atomic E-state index is 0.0426. The topological polar surface area (TPSA) is 75.6 Å². The van der Waals surface area contributed by atoms with Crippen LogP contribution in [0.1, 0.15) is 42.7 Å². The fourth-order valence-electron chi connectivity index (χ4n) is 4.17. The van der Waals surface area contributed by atoms with E-state index in [1.807, 2.05) is 36.4 Å². The molecule has 2 aliphatic rings. The second-order valence-electron chi connectivity index (χ2n) is 7.32. The van der Waals surface area contributed by atoms with E-state index in [0.717, 1.165) is 47.1 Å². The summed E-state index contributed by atoms with van der Waals surface area (Å²) in [5.74, 6) is -1.08. The summed E-state index contributed by atoms with van der Waals surface area (Å²) in [6, 6.07) is 15.2. The van der Waals surface area contributed by atoms with E-state index in [0.29, 0.717) is 6.42 Å². The first-order valence-corrected chi connectivity index (χ1v) is 9.65. The molecule has 1 atom stereocenters. The number of nitrogens with one attached hydrogen (secondary N) is 1. The van der Waals surface area contributed by atoms with Crippen LogP contribution in [-0.2, 0) is 9.53 Å². The molecule has 2 aliphatic carbocycles. The Morgan fingerprint density at radius 2 is 1.71 bits per heavy atom. The highest BCUT2D eigenvalue weighted by atomic mass is 16.5. The molecule has 1 unspecified atom stereocenters. The van der Waals surface area contributed by atoms with E-state index in [9.17, 15) is 14.7 Å². The van der Waals surface area contributed by atoms with Gasteiger partial charge in [0.2, 0.25) is 0 Å². The zero-order chi connectivity index (χ0) is 19.5. The van der Waals surface area contributed by atoms with Gasteiger partial charge in [0.15, 0.2) is 0 Å². The number of allylic oxidation sites excluding steroid dienone is 1. The van der Waals surface area contributed by atoms with Crippen molar-refractivity contribution in [2.75, 3.05) is 6.61 Å². The Morgan fingerprint density at radius 3 is 2.29 bits per heavy atom. The number of alkyl carbamates (subject to hydrolysis) is 1. The molecule has 2 aromatic carbocycles. The van der Waals surface area contributed by atoms with Gasteiger partial charge in [0.05, 0.1) is 0 Å². The first-order valence-electron chi connectivity index (χ1n) is 9.65. The molecule has 0 spiro atoms. The van der Waals surface area contributed by atoms with E-state index in [4.69, 9.17) is 4.74 Å². The number of hydrogen-bond donors (Lipinski definition) is 2. The zero-order valence-electron chi connectivity index (χ0n) is 15.6. The van der Waals surface area contributed by atoms with Gasteiger partial charge in [-0.15, -0.1) is 0 Å². The van der Waals surface area contributed by atoms with E-state index in [-0.39, 0.29) is 12.5 Å². The molecule has 1 amide bonds. The number of carbonyl (C=O) groups excluding carboxylic acids is 1. The molecule has 4 rings (SSSR count). The lowest BCUT2D eigenvalue weighted by atomic mass is 9.98. The predicted molar refractivity (Wildman–Crippen MR) is 106 cm³/mol. The molecule has 28 heavy (non-hydrogen) atoms. The van der Waals surface area contributed by atoms with Gasteiger partial charge in [-0.1, -0.05) is 60.2 Å². The van der Waals surface area contributed by atoms with Crippen molar-refractivity contribution >= 4 is 12.1 Å². The van der Waals surface area contributed by atoms with E-state index in [1.165, 1.54) is 0 Å². The minimum Gasteiger partial charge on any atom is -0.480 e. The van der Waals surface area contributed by atoms with Crippen LogP contribution in [0.5, 0.6) is 0 Å². The van der Waals surface area contributed by atoms with Gasteiger partial charge < -0.3 is 15.2 Å². The number of rotatable bonds is 6. The highest BCUT2D eigenvalue weighted by Gasteiger charge is 2.30. The third-order valence-electron chi connectivity index (χ3n) is 5.54. The summed E-state index contributed by atoms with van der Waals surface area (Å²) in [5, 5.41) is 11.9. The quantitative estimate of drug-likeness (QED) is 0.728. The van der Waals surface area contributed by atoms with E-state index in [1.54, 1.807) is 0 Å². The summed E-state index contributed by atoms with van der Waals surface area (Å²) in [6.07, 6.45) is 4.64. The van der Waals surface area contributed by atoms with Gasteiger partial charge in [-0.3, -0.25) is 0 Å². The van der Waals surface area contributed by atoms with Crippen LogP contribution in [0, 0.1) is 0 Å². The predicted octanol–water partition coefficient (Wildman–Crippen LogP) is 4.48. The van der Waals surface area contributed by atoms with Gasteiger partial charge in [-0.25, -0.2) is 9.59 Å². The van der Waals surface area contributed by atoms with Crippen LogP contribution in [0.25, 0.3) is 11.1 Å². The lowest BCUT2D eigenvalue weighted by molar-refractivity contribution is -0.139. The second-order valence-corrected chi connectivity index (χ2v) is 7.32. The molecule has 0 radical (unpaired) electrons. The maximum atomic E-state index is 12.3. The fourth-order valence-corrected chi connectivity index (χ4v) is 4.17. The molecule has 0 fully saturated rings. The Morgan fingerprint density at radius 1 is 1.07 bits per heavy atom. The van der Waals surface area contributed by atoms with Crippen molar-refractivity contribution in [2.45, 2.75) is 37.6 Å². The number of amides is 1. The molecule has 0 aliphatic heterocycles. The van der Waals surface area contributed by atoms with Crippen molar-refractivity contribution < 1.29 is 19.4 Å². The number of carboxylic acids is 1. The number of fused-ring (bicyclic) bond motifs is 3. The van der Waals surface area contributed by atoms with Crippen LogP contribution in [-0.4, -0.2) is 29.8 Å². The number of ether oxygens (including phenoxy) is 1. The molecule has 144 valence electrons. The van der Waals surface area contributed by atoms with Gasteiger partial charge in [0, 0.05) is 5.92 Å². The Hall–Kier alpha value is -3.08. The zero-order valence-corrected chi connectivity index (χ0v) is 15.6. The van der Waals surface area contributed by atoms with Crippen LogP contribution < -0.4 is 5.32 Å².